The van der Waals surface area contributed by atoms with Crippen LogP contribution in [0.2, 0.25) is 0 Å². The van der Waals surface area contributed by atoms with E-state index in [0.29, 0.717) is 17.4 Å². The third-order valence-corrected chi connectivity index (χ3v) is 13.9. The third-order valence-electron chi connectivity index (χ3n) is 13.9. The van der Waals surface area contributed by atoms with Crippen LogP contribution in [-0.2, 0) is 58.5 Å². The normalized spacial score (nSPS) is 20.0. The zero-order valence-electron chi connectivity index (χ0n) is 39.8. The summed E-state index contributed by atoms with van der Waals surface area (Å²) in [5, 5.41) is 2.27. The summed E-state index contributed by atoms with van der Waals surface area (Å²) in [6, 6.07) is 29.7. The standard InChI is InChI=1S/C55H65N3O2.Pt/c1-32-25-33(2)45(31-39(32)48-57-55(18)53(15,16)47-41(52(12,13)14)27-36(51(9,10)11)28-42(47)54(55,17)60-48)59-37-20-21-38-40-26-34(49(3,4)5)19-22-43(40)58(44(38)30-37)46-29-35(23-24-56-46)50(6,7)8;/h19-29H,1-18H3;/q-2;+2/t54-,55+;/m0./s1. The topological polar surface area (TPSA) is 48.6 Å². The molecule has 1 aliphatic carbocycles. The molecule has 6 aromatic rings. The van der Waals surface area contributed by atoms with Gasteiger partial charge in [-0.3, -0.25) is 4.99 Å². The molecule has 3 heterocycles. The Kier molecular flexibility index (Phi) is 10.4. The van der Waals surface area contributed by atoms with E-state index in [9.17, 15) is 0 Å². The number of hydrogen-bond acceptors (Lipinski definition) is 4. The SMILES string of the molecule is Cc1cc(C)c(C2=N[C@]3(C)C(C)(C)c4c(C(C)(C)C)cc(C(C)(C)C)cc4[C@]3(C)O2)[c-]c1Oc1[c-]c2c(cc1)c1cc(C(C)(C)C)ccc1n2-c1cc(C(C)(C)C)ccn1.[Pt+2]. The van der Waals surface area contributed by atoms with Gasteiger partial charge in [-0.25, -0.2) is 4.98 Å². The monoisotopic (exact) mass is 994 g/mol. The molecule has 6 heteroatoms. The Balaban J connectivity index is 0.00000561. The van der Waals surface area contributed by atoms with Crippen LogP contribution in [0.25, 0.3) is 27.6 Å². The van der Waals surface area contributed by atoms with Crippen molar-refractivity contribution in [3.8, 4) is 17.3 Å². The van der Waals surface area contributed by atoms with Crippen LogP contribution >= 0.6 is 0 Å². The second-order valence-electron chi connectivity index (χ2n) is 22.7. The fourth-order valence-corrected chi connectivity index (χ4v) is 9.65. The molecule has 2 aromatic heterocycles. The average Bonchev–Trinajstić information content (AvgIpc) is 3.65. The largest absolute Gasteiger partial charge is 2.00 e. The maximum atomic E-state index is 7.25. The predicted molar refractivity (Wildman–Crippen MR) is 250 cm³/mol. The first kappa shape index (κ1) is 44.8. The van der Waals surface area contributed by atoms with Gasteiger partial charge in [0.15, 0.2) is 0 Å². The van der Waals surface area contributed by atoms with Crippen LogP contribution in [0.1, 0.15) is 161 Å². The summed E-state index contributed by atoms with van der Waals surface area (Å²) in [6.07, 6.45) is 1.92. The molecule has 2 atom stereocenters. The van der Waals surface area contributed by atoms with Gasteiger partial charge in [-0.2, -0.15) is 6.07 Å². The van der Waals surface area contributed by atoms with Gasteiger partial charge >= 0.3 is 21.1 Å². The molecule has 0 radical (unpaired) electrons. The average molecular weight is 995 g/mol. The van der Waals surface area contributed by atoms with Crippen molar-refractivity contribution in [3.05, 3.63) is 129 Å². The Morgan fingerprint density at radius 1 is 0.656 bits per heavy atom. The number of benzene rings is 4. The zero-order valence-corrected chi connectivity index (χ0v) is 42.1. The van der Waals surface area contributed by atoms with Crippen LogP contribution in [0.15, 0.2) is 71.9 Å². The Bertz CT molecular complexity index is 2780. The number of ether oxygens (including phenoxy) is 2. The first-order valence-corrected chi connectivity index (χ1v) is 21.7. The van der Waals surface area contributed by atoms with Crippen LogP contribution in [0.5, 0.6) is 11.5 Å². The Morgan fingerprint density at radius 3 is 1.92 bits per heavy atom. The van der Waals surface area contributed by atoms with Gasteiger partial charge in [-0.05, 0) is 86.9 Å². The molecule has 322 valence electrons. The van der Waals surface area contributed by atoms with Crippen LogP contribution < -0.4 is 4.74 Å². The minimum atomic E-state index is -0.688. The Hall–Kier alpha value is -4.21. The predicted octanol–water partition coefficient (Wildman–Crippen LogP) is 14.1. The molecular weight excluding hydrogens is 930 g/mol. The van der Waals surface area contributed by atoms with Gasteiger partial charge in [0.2, 0.25) is 0 Å². The first-order valence-electron chi connectivity index (χ1n) is 21.7. The zero-order chi connectivity index (χ0) is 43.9. The molecule has 0 N–H and O–H groups in total. The molecule has 4 aromatic carbocycles. The Labute approximate surface area is 380 Å². The number of pyridine rings is 1. The van der Waals surface area contributed by atoms with Gasteiger partial charge in [0.1, 0.15) is 22.9 Å². The molecule has 0 saturated heterocycles. The van der Waals surface area contributed by atoms with Gasteiger partial charge in [-0.1, -0.05) is 158 Å². The second-order valence-corrected chi connectivity index (χ2v) is 22.7. The summed E-state index contributed by atoms with van der Waals surface area (Å²) in [4.78, 5) is 10.5. The fraction of sp³-hybridized carbons (Fsp3) is 0.455. The summed E-state index contributed by atoms with van der Waals surface area (Å²) >= 11 is 0. The van der Waals surface area contributed by atoms with E-state index in [1.54, 1.807) is 0 Å². The number of fused-ring (bicyclic) bond motifs is 6. The van der Waals surface area contributed by atoms with Crippen molar-refractivity contribution < 1.29 is 30.5 Å². The van der Waals surface area contributed by atoms with E-state index in [1.165, 1.54) is 38.8 Å². The van der Waals surface area contributed by atoms with Crippen LogP contribution in [0.4, 0.5) is 0 Å². The number of hydrogen-bond donors (Lipinski definition) is 0. The molecule has 0 amide bonds. The van der Waals surface area contributed by atoms with Crippen molar-refractivity contribution in [3.63, 3.8) is 0 Å². The molecule has 5 nitrogen and oxygen atoms in total. The van der Waals surface area contributed by atoms with E-state index in [1.807, 2.05) is 12.3 Å². The van der Waals surface area contributed by atoms with Crippen molar-refractivity contribution >= 4 is 27.7 Å². The summed E-state index contributed by atoms with van der Waals surface area (Å²) < 4.78 is 16.3. The maximum absolute atomic E-state index is 7.25. The van der Waals surface area contributed by atoms with Crippen LogP contribution in [0, 0.1) is 26.0 Å². The molecular formula is C55H65N3O2Pt. The molecule has 0 saturated carbocycles. The number of nitrogens with zero attached hydrogens (tertiary/aromatic N) is 3. The van der Waals surface area contributed by atoms with Gasteiger partial charge < -0.3 is 14.0 Å². The van der Waals surface area contributed by atoms with Gasteiger partial charge in [0.05, 0.1) is 0 Å². The summed E-state index contributed by atoms with van der Waals surface area (Å²) in [5.74, 6) is 2.70. The number of rotatable bonds is 4. The molecule has 0 fully saturated rings. The van der Waals surface area contributed by atoms with Crippen LogP contribution in [-0.4, -0.2) is 21.0 Å². The van der Waals surface area contributed by atoms with E-state index in [0.717, 1.165) is 38.9 Å². The molecule has 2 aliphatic rings. The van der Waals surface area contributed by atoms with Crippen molar-refractivity contribution in [1.82, 2.24) is 9.55 Å². The number of aromatic nitrogens is 2. The minimum Gasteiger partial charge on any atom is -0.508 e. The van der Waals surface area contributed by atoms with Gasteiger partial charge in [0, 0.05) is 34.2 Å². The first-order chi connectivity index (χ1) is 27.6. The van der Waals surface area contributed by atoms with Crippen molar-refractivity contribution in [2.75, 3.05) is 0 Å². The summed E-state index contributed by atoms with van der Waals surface area (Å²) in [7, 11) is 0. The van der Waals surface area contributed by atoms with Gasteiger partial charge in [0.25, 0.3) is 0 Å². The summed E-state index contributed by atoms with van der Waals surface area (Å²) in [6.45, 7) is 40.8. The quantitative estimate of drug-likeness (QED) is 0.165. The molecule has 0 spiro atoms. The number of aryl methyl sites for hydroxylation is 2. The molecule has 61 heavy (non-hydrogen) atoms. The van der Waals surface area contributed by atoms with Crippen molar-refractivity contribution in [2.24, 2.45) is 4.99 Å². The van der Waals surface area contributed by atoms with Crippen molar-refractivity contribution in [1.29, 1.82) is 0 Å². The van der Waals surface area contributed by atoms with E-state index in [-0.39, 0.29) is 48.1 Å². The van der Waals surface area contributed by atoms with Crippen molar-refractivity contribution in [2.45, 2.75) is 163 Å². The Morgan fingerprint density at radius 2 is 1.30 bits per heavy atom. The fourth-order valence-electron chi connectivity index (χ4n) is 9.65. The molecule has 8 rings (SSSR count). The smallest absolute Gasteiger partial charge is 0.508 e. The number of aliphatic imine (C=N–C) groups is 1. The molecule has 0 unspecified atom stereocenters. The van der Waals surface area contributed by atoms with E-state index in [2.05, 4.69) is 196 Å². The summed E-state index contributed by atoms with van der Waals surface area (Å²) in [5.41, 5.74) is 11.0. The van der Waals surface area contributed by atoms with Gasteiger partial charge in [-0.15, -0.1) is 29.1 Å². The molecule has 0 bridgehead atoms. The van der Waals surface area contributed by atoms with Crippen LogP contribution in [0.3, 0.4) is 0 Å². The maximum Gasteiger partial charge on any atom is 2.00 e. The third kappa shape index (κ3) is 7.01. The van der Waals surface area contributed by atoms with E-state index >= 15 is 0 Å². The van der Waals surface area contributed by atoms with E-state index in [4.69, 9.17) is 19.5 Å². The molecule has 1 aliphatic heterocycles. The van der Waals surface area contributed by atoms with E-state index < -0.39 is 11.1 Å². The minimum absolute atomic E-state index is 0. The second kappa shape index (κ2) is 14.1.